The van der Waals surface area contributed by atoms with Gasteiger partial charge in [-0.05, 0) is 62.1 Å². The topological polar surface area (TPSA) is 71.5 Å². The summed E-state index contributed by atoms with van der Waals surface area (Å²) in [4.78, 5) is 15.9. The standard InChI is InChI=1S/C27H36N2O5/c1-32-25-18-22(11-12-24(25)33-17-7-16-29-15-5-10-26(29)30)19-28-14-6-13-27(31,20-28)21-34-23-8-3-2-4-9-23/h2-4,8-9,11-12,18,31H,5-7,10,13-17,19-21H2,1H3. The van der Waals surface area contributed by atoms with Crippen molar-refractivity contribution in [3.8, 4) is 17.2 Å². The number of amides is 1. The molecule has 1 atom stereocenters. The predicted molar refractivity (Wildman–Crippen MR) is 130 cm³/mol. The van der Waals surface area contributed by atoms with E-state index in [4.69, 9.17) is 14.2 Å². The number of rotatable bonds is 11. The summed E-state index contributed by atoms with van der Waals surface area (Å²) in [5.41, 5.74) is 0.248. The lowest BCUT2D eigenvalue weighted by atomic mass is 9.93. The third-order valence-electron chi connectivity index (χ3n) is 6.52. The van der Waals surface area contributed by atoms with E-state index in [9.17, 15) is 9.90 Å². The minimum atomic E-state index is -0.863. The Labute approximate surface area is 202 Å². The van der Waals surface area contributed by atoms with Crippen molar-refractivity contribution in [2.24, 2.45) is 0 Å². The Hall–Kier alpha value is -2.77. The van der Waals surface area contributed by atoms with Crippen molar-refractivity contribution in [2.75, 3.05) is 46.5 Å². The summed E-state index contributed by atoms with van der Waals surface area (Å²) in [6.07, 6.45) is 4.09. The lowest BCUT2D eigenvalue weighted by molar-refractivity contribution is -0.127. The summed E-state index contributed by atoms with van der Waals surface area (Å²) in [6, 6.07) is 15.6. The molecular formula is C27H36N2O5. The van der Waals surface area contributed by atoms with Gasteiger partial charge in [-0.25, -0.2) is 0 Å². The monoisotopic (exact) mass is 468 g/mol. The number of ether oxygens (including phenoxy) is 3. The van der Waals surface area contributed by atoms with E-state index in [1.54, 1.807) is 7.11 Å². The maximum absolute atomic E-state index is 11.7. The van der Waals surface area contributed by atoms with Gasteiger partial charge in [0.15, 0.2) is 11.5 Å². The molecule has 34 heavy (non-hydrogen) atoms. The highest BCUT2D eigenvalue weighted by molar-refractivity contribution is 5.77. The smallest absolute Gasteiger partial charge is 0.222 e. The largest absolute Gasteiger partial charge is 0.493 e. The van der Waals surface area contributed by atoms with Gasteiger partial charge in [0.2, 0.25) is 5.91 Å². The van der Waals surface area contributed by atoms with Crippen molar-refractivity contribution >= 4 is 5.91 Å². The summed E-state index contributed by atoms with van der Waals surface area (Å²) in [5, 5.41) is 11.1. The zero-order valence-electron chi connectivity index (χ0n) is 20.1. The summed E-state index contributed by atoms with van der Waals surface area (Å²) < 4.78 is 17.4. The van der Waals surface area contributed by atoms with E-state index in [1.165, 1.54) is 0 Å². The zero-order valence-corrected chi connectivity index (χ0v) is 20.1. The second-order valence-corrected chi connectivity index (χ2v) is 9.31. The van der Waals surface area contributed by atoms with Crippen molar-refractivity contribution < 1.29 is 24.1 Å². The molecule has 2 aromatic carbocycles. The average Bonchev–Trinajstić information content (AvgIpc) is 3.26. The van der Waals surface area contributed by atoms with Gasteiger partial charge in [-0.3, -0.25) is 9.69 Å². The highest BCUT2D eigenvalue weighted by Crippen LogP contribution is 2.30. The molecule has 4 rings (SSSR count). The second kappa shape index (κ2) is 11.6. The average molecular weight is 469 g/mol. The van der Waals surface area contributed by atoms with Crippen molar-refractivity contribution in [3.63, 3.8) is 0 Å². The molecule has 2 aliphatic heterocycles. The van der Waals surface area contributed by atoms with Crippen LogP contribution in [0.3, 0.4) is 0 Å². The highest BCUT2D eigenvalue weighted by atomic mass is 16.5. The van der Waals surface area contributed by atoms with E-state index in [0.717, 1.165) is 63.2 Å². The van der Waals surface area contributed by atoms with Crippen LogP contribution in [-0.4, -0.2) is 72.9 Å². The van der Waals surface area contributed by atoms with Gasteiger partial charge in [-0.15, -0.1) is 0 Å². The van der Waals surface area contributed by atoms with Gasteiger partial charge in [-0.2, -0.15) is 0 Å². The Morgan fingerprint density at radius 3 is 2.65 bits per heavy atom. The molecule has 7 heteroatoms. The van der Waals surface area contributed by atoms with Gasteiger partial charge >= 0.3 is 0 Å². The van der Waals surface area contributed by atoms with Crippen molar-refractivity contribution in [3.05, 3.63) is 54.1 Å². The van der Waals surface area contributed by atoms with Crippen molar-refractivity contribution in [1.82, 2.24) is 9.80 Å². The number of benzene rings is 2. The van der Waals surface area contributed by atoms with E-state index in [0.29, 0.717) is 31.1 Å². The van der Waals surface area contributed by atoms with Crippen LogP contribution < -0.4 is 14.2 Å². The third kappa shape index (κ3) is 6.64. The van der Waals surface area contributed by atoms with Crippen LogP contribution in [-0.2, 0) is 11.3 Å². The normalized spacial score (nSPS) is 21.0. The Kier molecular flexibility index (Phi) is 8.29. The molecule has 0 saturated carbocycles. The molecule has 0 aromatic heterocycles. The number of β-amino-alcohol motifs (C(OH)–C–C–N with tert-alkyl or cyclic N) is 1. The van der Waals surface area contributed by atoms with Crippen LogP contribution >= 0.6 is 0 Å². The van der Waals surface area contributed by atoms with E-state index >= 15 is 0 Å². The molecule has 2 saturated heterocycles. The van der Waals surface area contributed by atoms with E-state index < -0.39 is 5.60 Å². The molecule has 1 amide bonds. The summed E-state index contributed by atoms with van der Waals surface area (Å²) in [7, 11) is 1.65. The molecule has 2 aliphatic rings. The minimum Gasteiger partial charge on any atom is -0.493 e. The number of nitrogens with zero attached hydrogens (tertiary/aromatic N) is 2. The molecule has 0 radical (unpaired) electrons. The number of carbonyl (C=O) groups is 1. The summed E-state index contributed by atoms with van der Waals surface area (Å²) >= 11 is 0. The molecule has 1 N–H and O–H groups in total. The third-order valence-corrected chi connectivity index (χ3v) is 6.52. The molecule has 0 aliphatic carbocycles. The number of piperidine rings is 1. The van der Waals surface area contributed by atoms with E-state index in [-0.39, 0.29) is 12.5 Å². The van der Waals surface area contributed by atoms with Gasteiger partial charge in [0.25, 0.3) is 0 Å². The molecule has 184 valence electrons. The second-order valence-electron chi connectivity index (χ2n) is 9.31. The first-order chi connectivity index (χ1) is 16.5. The summed E-state index contributed by atoms with van der Waals surface area (Å²) in [5.74, 6) is 2.44. The van der Waals surface area contributed by atoms with Crippen LogP contribution in [0.2, 0.25) is 0 Å². The number of methoxy groups -OCH3 is 1. The van der Waals surface area contributed by atoms with Crippen LogP contribution in [0, 0.1) is 0 Å². The van der Waals surface area contributed by atoms with Crippen LogP contribution in [0.4, 0.5) is 0 Å². The van der Waals surface area contributed by atoms with Crippen molar-refractivity contribution in [2.45, 2.75) is 44.2 Å². The quantitative estimate of drug-likeness (QED) is 0.509. The number of para-hydroxylation sites is 1. The maximum atomic E-state index is 11.7. The Bertz CT molecular complexity index is 938. The highest BCUT2D eigenvalue weighted by Gasteiger charge is 2.34. The van der Waals surface area contributed by atoms with Crippen LogP contribution in [0.15, 0.2) is 48.5 Å². The van der Waals surface area contributed by atoms with Gasteiger partial charge in [0.05, 0.1) is 13.7 Å². The first-order valence-corrected chi connectivity index (χ1v) is 12.2. The first kappa shape index (κ1) is 24.4. The molecule has 7 nitrogen and oxygen atoms in total. The van der Waals surface area contributed by atoms with Gasteiger partial charge < -0.3 is 24.2 Å². The predicted octanol–water partition coefficient (Wildman–Crippen LogP) is 3.49. The van der Waals surface area contributed by atoms with E-state index in [1.807, 2.05) is 47.4 Å². The van der Waals surface area contributed by atoms with Crippen LogP contribution in [0.5, 0.6) is 17.2 Å². The molecule has 0 spiro atoms. The SMILES string of the molecule is COc1cc(CN2CCCC(O)(COc3ccccc3)C2)ccc1OCCCN1CCCC1=O. The lowest BCUT2D eigenvalue weighted by Gasteiger charge is -2.39. The van der Waals surface area contributed by atoms with Gasteiger partial charge in [-0.1, -0.05) is 24.3 Å². The molecule has 2 aromatic rings. The van der Waals surface area contributed by atoms with Gasteiger partial charge in [0, 0.05) is 32.6 Å². The molecular weight excluding hydrogens is 432 g/mol. The Morgan fingerprint density at radius 1 is 1.03 bits per heavy atom. The number of hydrogen-bond acceptors (Lipinski definition) is 6. The maximum Gasteiger partial charge on any atom is 0.222 e. The van der Waals surface area contributed by atoms with E-state index in [2.05, 4.69) is 11.0 Å². The Balaban J connectivity index is 1.27. The van der Waals surface area contributed by atoms with Gasteiger partial charge in [0.1, 0.15) is 18.0 Å². The zero-order chi connectivity index (χ0) is 23.8. The number of hydrogen-bond donors (Lipinski definition) is 1. The summed E-state index contributed by atoms with van der Waals surface area (Å²) in [6.45, 7) is 4.65. The number of aliphatic hydroxyl groups is 1. The first-order valence-electron chi connectivity index (χ1n) is 12.2. The molecule has 1 unspecified atom stereocenters. The molecule has 0 bridgehead atoms. The van der Waals surface area contributed by atoms with Crippen molar-refractivity contribution in [1.29, 1.82) is 0 Å². The fourth-order valence-corrected chi connectivity index (χ4v) is 4.76. The molecule has 2 fully saturated rings. The lowest BCUT2D eigenvalue weighted by Crippen LogP contribution is -2.51. The number of carbonyl (C=O) groups excluding carboxylic acids is 1. The Morgan fingerprint density at radius 2 is 1.88 bits per heavy atom. The molecule has 2 heterocycles. The number of likely N-dealkylation sites (tertiary alicyclic amines) is 2. The van der Waals surface area contributed by atoms with Crippen LogP contribution in [0.25, 0.3) is 0 Å². The fourth-order valence-electron chi connectivity index (χ4n) is 4.76. The minimum absolute atomic E-state index is 0.248. The fraction of sp³-hybridized carbons (Fsp3) is 0.519. The van der Waals surface area contributed by atoms with Crippen LogP contribution in [0.1, 0.15) is 37.7 Å².